The Morgan fingerprint density at radius 2 is 2.14 bits per heavy atom. The number of nitrogens with zero attached hydrogens (tertiary/aromatic N) is 3. The second kappa shape index (κ2) is 5.88. The number of aromatic nitrogens is 2. The minimum absolute atomic E-state index is 0.500. The van der Waals surface area contributed by atoms with E-state index < -0.39 is 0 Å². The molecular weight excluding hydrogens is 262 g/mol. The van der Waals surface area contributed by atoms with Crippen molar-refractivity contribution < 1.29 is 4.52 Å². The van der Waals surface area contributed by atoms with Gasteiger partial charge < -0.3 is 9.42 Å². The highest BCUT2D eigenvalue weighted by Gasteiger charge is 2.24. The summed E-state index contributed by atoms with van der Waals surface area (Å²) in [5.74, 6) is 2.08. The number of hydrogen-bond acceptors (Lipinski definition) is 4. The van der Waals surface area contributed by atoms with Crippen LogP contribution in [0.25, 0.3) is 0 Å². The minimum atomic E-state index is 0.500. The molecule has 2 heterocycles. The third-order valence-corrected chi connectivity index (χ3v) is 4.07. The largest absolute Gasteiger partial charge is 0.359 e. The zero-order valence-electron chi connectivity index (χ0n) is 13.0. The highest BCUT2D eigenvalue weighted by Crippen LogP contribution is 2.31. The maximum absolute atomic E-state index is 5.43. The predicted molar refractivity (Wildman–Crippen MR) is 83.2 cm³/mol. The summed E-state index contributed by atoms with van der Waals surface area (Å²) in [5, 5.41) is 4.09. The Morgan fingerprint density at radius 3 is 2.95 bits per heavy atom. The fourth-order valence-electron chi connectivity index (χ4n) is 2.95. The van der Waals surface area contributed by atoms with Gasteiger partial charge in [-0.2, -0.15) is 4.98 Å². The lowest BCUT2D eigenvalue weighted by atomic mass is 9.97. The summed E-state index contributed by atoms with van der Waals surface area (Å²) < 4.78 is 5.43. The van der Waals surface area contributed by atoms with Crippen LogP contribution in [0, 0.1) is 5.92 Å². The van der Waals surface area contributed by atoms with Crippen LogP contribution in [0.3, 0.4) is 0 Å². The molecule has 1 aliphatic heterocycles. The van der Waals surface area contributed by atoms with Gasteiger partial charge in [-0.15, -0.1) is 0 Å². The van der Waals surface area contributed by atoms with E-state index in [-0.39, 0.29) is 0 Å². The highest BCUT2D eigenvalue weighted by molar-refractivity contribution is 5.56. The normalized spacial score (nSPS) is 18.1. The Bertz CT molecular complexity index is 606. The van der Waals surface area contributed by atoms with E-state index in [1.54, 1.807) is 0 Å². The van der Waals surface area contributed by atoms with E-state index in [0.29, 0.717) is 24.4 Å². The molecule has 0 saturated heterocycles. The Morgan fingerprint density at radius 1 is 1.33 bits per heavy atom. The predicted octanol–water partition coefficient (Wildman–Crippen LogP) is 3.61. The highest BCUT2D eigenvalue weighted by atomic mass is 16.5. The van der Waals surface area contributed by atoms with Crippen molar-refractivity contribution in [3.8, 4) is 0 Å². The molecule has 1 atom stereocenters. The third-order valence-electron chi connectivity index (χ3n) is 4.07. The number of hydrogen-bond donors (Lipinski definition) is 0. The topological polar surface area (TPSA) is 42.2 Å². The van der Waals surface area contributed by atoms with Crippen LogP contribution in [0.1, 0.15) is 44.5 Å². The smallest absolute Gasteiger partial charge is 0.246 e. The van der Waals surface area contributed by atoms with Crippen molar-refractivity contribution in [2.24, 2.45) is 5.92 Å². The van der Waals surface area contributed by atoms with Gasteiger partial charge in [0, 0.05) is 18.2 Å². The summed E-state index contributed by atoms with van der Waals surface area (Å²) in [4.78, 5) is 6.91. The fraction of sp³-hybridized carbons (Fsp3) is 0.529. The quantitative estimate of drug-likeness (QED) is 0.860. The molecule has 1 aliphatic rings. The number of para-hydroxylation sites is 1. The lowest BCUT2D eigenvalue weighted by Crippen LogP contribution is -2.36. The van der Waals surface area contributed by atoms with Crippen molar-refractivity contribution >= 4 is 5.69 Å². The maximum atomic E-state index is 5.43. The van der Waals surface area contributed by atoms with Crippen molar-refractivity contribution in [2.75, 3.05) is 4.90 Å². The molecule has 112 valence electrons. The third kappa shape index (κ3) is 3.09. The Hall–Kier alpha value is -1.84. The van der Waals surface area contributed by atoms with Crippen LogP contribution in [0.4, 0.5) is 5.69 Å². The summed E-state index contributed by atoms with van der Waals surface area (Å²) >= 11 is 0. The summed E-state index contributed by atoms with van der Waals surface area (Å²) in [7, 11) is 0. The fourth-order valence-corrected chi connectivity index (χ4v) is 2.95. The average molecular weight is 285 g/mol. The molecule has 0 unspecified atom stereocenters. The molecule has 0 N–H and O–H groups in total. The first-order chi connectivity index (χ1) is 10.1. The van der Waals surface area contributed by atoms with E-state index in [2.05, 4.69) is 60.1 Å². The number of benzene rings is 1. The van der Waals surface area contributed by atoms with Crippen LogP contribution in [-0.4, -0.2) is 16.2 Å². The molecule has 1 aromatic carbocycles. The van der Waals surface area contributed by atoms with Crippen molar-refractivity contribution in [3.05, 3.63) is 41.5 Å². The number of anilines is 1. The molecule has 4 heteroatoms. The van der Waals surface area contributed by atoms with Gasteiger partial charge >= 0.3 is 0 Å². The van der Waals surface area contributed by atoms with Gasteiger partial charge in [0.1, 0.15) is 0 Å². The Kier molecular flexibility index (Phi) is 3.95. The van der Waals surface area contributed by atoms with Crippen LogP contribution in [-0.2, 0) is 19.4 Å². The SMILES string of the molecule is CC(C)Cc1noc(CN2c3ccccc3CC[C@H]2C)n1. The van der Waals surface area contributed by atoms with Gasteiger partial charge in [0.2, 0.25) is 5.89 Å². The van der Waals surface area contributed by atoms with Crippen LogP contribution in [0.15, 0.2) is 28.8 Å². The van der Waals surface area contributed by atoms with Gasteiger partial charge in [-0.1, -0.05) is 37.2 Å². The monoisotopic (exact) mass is 285 g/mol. The minimum Gasteiger partial charge on any atom is -0.359 e. The summed E-state index contributed by atoms with van der Waals surface area (Å²) in [6, 6.07) is 9.12. The molecule has 0 amide bonds. The Balaban J connectivity index is 1.79. The summed E-state index contributed by atoms with van der Waals surface area (Å²) in [5.41, 5.74) is 2.72. The zero-order valence-corrected chi connectivity index (χ0v) is 13.0. The van der Waals surface area contributed by atoms with Crippen molar-refractivity contribution in [1.82, 2.24) is 10.1 Å². The average Bonchev–Trinajstić information content (AvgIpc) is 2.88. The molecule has 4 nitrogen and oxygen atoms in total. The maximum Gasteiger partial charge on any atom is 0.246 e. The second-order valence-electron chi connectivity index (χ2n) is 6.35. The number of rotatable bonds is 4. The molecule has 2 aromatic rings. The molecule has 0 spiro atoms. The van der Waals surface area contributed by atoms with Crippen LogP contribution in [0.5, 0.6) is 0 Å². The van der Waals surface area contributed by atoms with E-state index in [9.17, 15) is 0 Å². The molecular formula is C17H23N3O. The second-order valence-corrected chi connectivity index (χ2v) is 6.35. The van der Waals surface area contributed by atoms with Gasteiger partial charge in [-0.05, 0) is 37.3 Å². The number of fused-ring (bicyclic) bond motifs is 1. The first-order valence-electron chi connectivity index (χ1n) is 7.79. The summed E-state index contributed by atoms with van der Waals surface area (Å²) in [6.07, 6.45) is 3.19. The molecule has 21 heavy (non-hydrogen) atoms. The molecule has 0 saturated carbocycles. The number of aryl methyl sites for hydroxylation is 1. The van der Waals surface area contributed by atoms with E-state index in [4.69, 9.17) is 4.52 Å². The van der Waals surface area contributed by atoms with Gasteiger partial charge in [0.15, 0.2) is 5.82 Å². The van der Waals surface area contributed by atoms with Gasteiger partial charge in [-0.3, -0.25) is 0 Å². The molecule has 0 aliphatic carbocycles. The van der Waals surface area contributed by atoms with Crippen LogP contribution >= 0.6 is 0 Å². The van der Waals surface area contributed by atoms with Crippen molar-refractivity contribution in [2.45, 2.75) is 52.6 Å². The molecule has 0 radical (unpaired) electrons. The molecule has 1 aromatic heterocycles. The van der Waals surface area contributed by atoms with Crippen LogP contribution < -0.4 is 4.90 Å². The zero-order chi connectivity index (χ0) is 14.8. The first kappa shape index (κ1) is 14.1. The molecule has 0 bridgehead atoms. The lowest BCUT2D eigenvalue weighted by molar-refractivity contribution is 0.362. The van der Waals surface area contributed by atoms with Crippen molar-refractivity contribution in [1.29, 1.82) is 0 Å². The molecule has 0 fully saturated rings. The lowest BCUT2D eigenvalue weighted by Gasteiger charge is -2.36. The van der Waals surface area contributed by atoms with E-state index >= 15 is 0 Å². The van der Waals surface area contributed by atoms with Gasteiger partial charge in [-0.25, -0.2) is 0 Å². The molecule has 3 rings (SSSR count). The first-order valence-corrected chi connectivity index (χ1v) is 7.79. The summed E-state index contributed by atoms with van der Waals surface area (Å²) in [6.45, 7) is 7.29. The van der Waals surface area contributed by atoms with Gasteiger partial charge in [0.05, 0.1) is 6.54 Å². The van der Waals surface area contributed by atoms with Crippen LogP contribution in [0.2, 0.25) is 0 Å². The van der Waals surface area contributed by atoms with E-state index in [0.717, 1.165) is 18.7 Å². The van der Waals surface area contributed by atoms with E-state index in [1.165, 1.54) is 17.7 Å². The van der Waals surface area contributed by atoms with E-state index in [1.807, 2.05) is 0 Å². The van der Waals surface area contributed by atoms with Crippen molar-refractivity contribution in [3.63, 3.8) is 0 Å². The Labute approximate surface area is 126 Å². The standard InChI is InChI=1S/C17H23N3O/c1-12(2)10-16-18-17(21-19-16)11-20-13(3)8-9-14-6-4-5-7-15(14)20/h4-7,12-13H,8-11H2,1-3H3/t13-/m1/s1. The van der Waals surface area contributed by atoms with Gasteiger partial charge in [0.25, 0.3) is 0 Å².